The van der Waals surface area contributed by atoms with Crippen LogP contribution >= 0.6 is 0 Å². The first-order valence-corrected chi connectivity index (χ1v) is 7.14. The van der Waals surface area contributed by atoms with Crippen LogP contribution in [0.3, 0.4) is 0 Å². The molecule has 4 heteroatoms. The van der Waals surface area contributed by atoms with Gasteiger partial charge < -0.3 is 9.47 Å². The molecule has 0 unspecified atom stereocenters. The summed E-state index contributed by atoms with van der Waals surface area (Å²) >= 11 is 0. The zero-order valence-electron chi connectivity index (χ0n) is 12.6. The molecule has 3 rings (SSSR count). The number of benzene rings is 2. The van der Waals surface area contributed by atoms with Crippen LogP contribution in [0, 0.1) is 5.82 Å². The third-order valence-corrected chi connectivity index (χ3v) is 3.29. The standard InChI is InChI=1S/C19H15FO3/c1-12(2)11-22-15-7-8-16-17(10-15)23-18(19(16)21)9-13-3-5-14(20)6-4-13/h3-10H,1,11H2,2H3. The van der Waals surface area contributed by atoms with Gasteiger partial charge in [0.1, 0.15) is 23.9 Å². The van der Waals surface area contributed by atoms with E-state index in [1.165, 1.54) is 12.1 Å². The summed E-state index contributed by atoms with van der Waals surface area (Å²) < 4.78 is 24.1. The smallest absolute Gasteiger partial charge is 0.231 e. The van der Waals surface area contributed by atoms with Gasteiger partial charge in [-0.3, -0.25) is 4.79 Å². The summed E-state index contributed by atoms with van der Waals surface area (Å²) in [7, 11) is 0. The van der Waals surface area contributed by atoms with Gasteiger partial charge in [-0.25, -0.2) is 4.39 Å². The minimum absolute atomic E-state index is 0.198. The normalized spacial score (nSPS) is 14.5. The molecule has 0 aromatic heterocycles. The van der Waals surface area contributed by atoms with Gasteiger partial charge >= 0.3 is 0 Å². The van der Waals surface area contributed by atoms with E-state index in [4.69, 9.17) is 9.47 Å². The molecule has 1 aliphatic rings. The maximum absolute atomic E-state index is 12.9. The van der Waals surface area contributed by atoms with Crippen LogP contribution in [0.15, 0.2) is 60.4 Å². The van der Waals surface area contributed by atoms with Crippen molar-refractivity contribution < 1.29 is 18.7 Å². The van der Waals surface area contributed by atoms with Crippen LogP contribution in [0.2, 0.25) is 0 Å². The monoisotopic (exact) mass is 310 g/mol. The van der Waals surface area contributed by atoms with Crippen molar-refractivity contribution in [2.24, 2.45) is 0 Å². The maximum Gasteiger partial charge on any atom is 0.231 e. The first-order chi connectivity index (χ1) is 11.0. The number of hydrogen-bond acceptors (Lipinski definition) is 3. The molecule has 0 N–H and O–H groups in total. The van der Waals surface area contributed by atoms with Crippen LogP contribution in [-0.4, -0.2) is 12.4 Å². The largest absolute Gasteiger partial charge is 0.489 e. The molecule has 0 spiro atoms. The Balaban J connectivity index is 1.83. The van der Waals surface area contributed by atoms with Crippen LogP contribution in [0.1, 0.15) is 22.8 Å². The van der Waals surface area contributed by atoms with Crippen molar-refractivity contribution >= 4 is 11.9 Å². The van der Waals surface area contributed by atoms with Crippen molar-refractivity contribution in [3.63, 3.8) is 0 Å². The van der Waals surface area contributed by atoms with E-state index in [0.29, 0.717) is 29.2 Å². The van der Waals surface area contributed by atoms with E-state index in [1.807, 2.05) is 6.92 Å². The zero-order valence-corrected chi connectivity index (χ0v) is 12.6. The summed E-state index contributed by atoms with van der Waals surface area (Å²) in [6, 6.07) is 10.9. The number of ketones is 1. The van der Waals surface area contributed by atoms with Crippen LogP contribution in [0.5, 0.6) is 11.5 Å². The van der Waals surface area contributed by atoms with Crippen molar-refractivity contribution in [2.75, 3.05) is 6.61 Å². The Hall–Kier alpha value is -2.88. The van der Waals surface area contributed by atoms with E-state index in [0.717, 1.165) is 5.57 Å². The van der Waals surface area contributed by atoms with E-state index in [9.17, 15) is 9.18 Å². The number of carbonyl (C=O) groups is 1. The van der Waals surface area contributed by atoms with Gasteiger partial charge in [0.25, 0.3) is 0 Å². The predicted octanol–water partition coefficient (Wildman–Crippen LogP) is 4.40. The van der Waals surface area contributed by atoms with Crippen LogP contribution < -0.4 is 9.47 Å². The Labute approximate surface area is 133 Å². The first-order valence-electron chi connectivity index (χ1n) is 7.14. The fraction of sp³-hybridized carbons (Fsp3) is 0.105. The van der Waals surface area contributed by atoms with Crippen LogP contribution in [0.4, 0.5) is 4.39 Å². The van der Waals surface area contributed by atoms with Gasteiger partial charge in [0.2, 0.25) is 5.78 Å². The second-order valence-electron chi connectivity index (χ2n) is 5.40. The Morgan fingerprint density at radius 3 is 2.70 bits per heavy atom. The number of allylic oxidation sites excluding steroid dienone is 1. The summed E-state index contributed by atoms with van der Waals surface area (Å²) in [5.41, 5.74) is 2.08. The second kappa shape index (κ2) is 6.08. The summed E-state index contributed by atoms with van der Waals surface area (Å²) in [5, 5.41) is 0. The van der Waals surface area contributed by atoms with Crippen molar-refractivity contribution in [3.8, 4) is 11.5 Å². The molecule has 3 nitrogen and oxygen atoms in total. The van der Waals surface area contributed by atoms with Crippen molar-refractivity contribution in [1.82, 2.24) is 0 Å². The number of carbonyl (C=O) groups excluding carboxylic acids is 1. The van der Waals surface area contributed by atoms with Gasteiger partial charge in [0, 0.05) is 6.07 Å². The lowest BCUT2D eigenvalue weighted by atomic mass is 10.1. The fourth-order valence-corrected chi connectivity index (χ4v) is 2.17. The van der Waals surface area contributed by atoms with E-state index >= 15 is 0 Å². The Bertz CT molecular complexity index is 804. The number of Topliss-reactive ketones (excluding diaryl/α,β-unsaturated/α-hetero) is 1. The lowest BCUT2D eigenvalue weighted by Crippen LogP contribution is -1.98. The van der Waals surface area contributed by atoms with Crippen LogP contribution in [-0.2, 0) is 0 Å². The number of halogens is 1. The molecule has 2 aromatic carbocycles. The second-order valence-corrected chi connectivity index (χ2v) is 5.40. The van der Waals surface area contributed by atoms with Crippen molar-refractivity contribution in [1.29, 1.82) is 0 Å². The third kappa shape index (κ3) is 3.31. The Kier molecular flexibility index (Phi) is 3.98. The minimum Gasteiger partial charge on any atom is -0.489 e. The van der Waals surface area contributed by atoms with E-state index < -0.39 is 0 Å². The molecule has 0 bridgehead atoms. The molecular weight excluding hydrogens is 295 g/mol. The highest BCUT2D eigenvalue weighted by Gasteiger charge is 2.27. The highest BCUT2D eigenvalue weighted by atomic mass is 19.1. The molecule has 0 radical (unpaired) electrons. The molecule has 116 valence electrons. The molecule has 0 saturated carbocycles. The lowest BCUT2D eigenvalue weighted by Gasteiger charge is -2.06. The topological polar surface area (TPSA) is 35.5 Å². The van der Waals surface area contributed by atoms with Gasteiger partial charge in [-0.05, 0) is 48.4 Å². The first kappa shape index (κ1) is 15.0. The molecule has 0 saturated heterocycles. The molecular formula is C19H15FO3. The van der Waals surface area contributed by atoms with Gasteiger partial charge in [-0.1, -0.05) is 18.7 Å². The van der Waals surface area contributed by atoms with E-state index in [1.54, 1.807) is 36.4 Å². The molecule has 0 amide bonds. The molecule has 1 aliphatic heterocycles. The molecule has 0 fully saturated rings. The summed E-state index contributed by atoms with van der Waals surface area (Å²) in [6.07, 6.45) is 1.59. The number of ether oxygens (including phenoxy) is 2. The minimum atomic E-state index is -0.326. The molecule has 23 heavy (non-hydrogen) atoms. The molecule has 0 atom stereocenters. The van der Waals surface area contributed by atoms with E-state index in [2.05, 4.69) is 6.58 Å². The molecule has 0 aliphatic carbocycles. The molecule has 1 heterocycles. The number of rotatable bonds is 4. The summed E-state index contributed by atoms with van der Waals surface area (Å²) in [6.45, 7) is 6.05. The quantitative estimate of drug-likeness (QED) is 0.620. The Morgan fingerprint density at radius 1 is 1.26 bits per heavy atom. The maximum atomic E-state index is 12.9. The fourth-order valence-electron chi connectivity index (χ4n) is 2.17. The van der Waals surface area contributed by atoms with Gasteiger partial charge in [-0.15, -0.1) is 0 Å². The highest BCUT2D eigenvalue weighted by Crippen LogP contribution is 2.34. The van der Waals surface area contributed by atoms with E-state index in [-0.39, 0.29) is 17.4 Å². The van der Waals surface area contributed by atoms with Gasteiger partial charge in [0.15, 0.2) is 5.76 Å². The summed E-state index contributed by atoms with van der Waals surface area (Å²) in [4.78, 5) is 12.3. The van der Waals surface area contributed by atoms with Gasteiger partial charge in [-0.2, -0.15) is 0 Å². The average molecular weight is 310 g/mol. The number of fused-ring (bicyclic) bond motifs is 1. The SMILES string of the molecule is C=C(C)COc1ccc2c(c1)OC(=Cc1ccc(F)cc1)C2=O. The van der Waals surface area contributed by atoms with Crippen LogP contribution in [0.25, 0.3) is 6.08 Å². The summed E-state index contributed by atoms with van der Waals surface area (Å²) in [5.74, 6) is 0.762. The highest BCUT2D eigenvalue weighted by molar-refractivity contribution is 6.14. The zero-order chi connectivity index (χ0) is 16.4. The average Bonchev–Trinajstić information content (AvgIpc) is 2.83. The van der Waals surface area contributed by atoms with Gasteiger partial charge in [0.05, 0.1) is 5.56 Å². The molecule has 2 aromatic rings. The number of hydrogen-bond donors (Lipinski definition) is 0. The predicted molar refractivity (Wildman–Crippen MR) is 86.1 cm³/mol. The van der Waals surface area contributed by atoms with Crippen molar-refractivity contribution in [3.05, 3.63) is 77.3 Å². The third-order valence-electron chi connectivity index (χ3n) is 3.29. The van der Waals surface area contributed by atoms with Crippen molar-refractivity contribution in [2.45, 2.75) is 6.92 Å². The lowest BCUT2D eigenvalue weighted by molar-refractivity contribution is 0.101. The Morgan fingerprint density at radius 2 is 2.00 bits per heavy atom.